The Morgan fingerprint density at radius 2 is 1.75 bits per heavy atom. The van der Waals surface area contributed by atoms with E-state index < -0.39 is 0 Å². The predicted octanol–water partition coefficient (Wildman–Crippen LogP) is 4.05. The number of hydrogen-bond acceptors (Lipinski definition) is 2. The minimum Gasteiger partial charge on any atom is -0.484 e. The number of hydrogen-bond donors (Lipinski definition) is 0. The maximum absolute atomic E-state index is 12.5. The molecule has 2 aliphatic heterocycles. The fourth-order valence-electron chi connectivity index (χ4n) is 3.71. The van der Waals surface area contributed by atoms with Crippen LogP contribution in [0.1, 0.15) is 19.3 Å². The largest absolute Gasteiger partial charge is 0.484 e. The fourth-order valence-corrected chi connectivity index (χ4v) is 3.71. The van der Waals surface area contributed by atoms with Crippen molar-refractivity contribution in [3.63, 3.8) is 0 Å². The Labute approximate surface area is 142 Å². The average Bonchev–Trinajstić information content (AvgIpc) is 2.90. The molecule has 0 saturated carbocycles. The standard InChI is InChI=1S/C21H21NO2/c23-21(22-18-7-4-8-19(22)12-11-18)15-24-20-13-9-17(10-14-20)16-5-2-1-3-6-16/h1-7,9-10,13-14,18-19H,8,11-12,15H2. The van der Waals surface area contributed by atoms with Crippen molar-refractivity contribution in [2.45, 2.75) is 31.3 Å². The van der Waals surface area contributed by atoms with E-state index in [1.807, 2.05) is 47.4 Å². The number of amides is 1. The van der Waals surface area contributed by atoms with Crippen molar-refractivity contribution in [3.8, 4) is 16.9 Å². The Morgan fingerprint density at radius 1 is 1.00 bits per heavy atom. The molecule has 2 aromatic carbocycles. The van der Waals surface area contributed by atoms with Crippen molar-refractivity contribution in [3.05, 3.63) is 66.7 Å². The summed E-state index contributed by atoms with van der Waals surface area (Å²) in [6.07, 6.45) is 7.53. The molecule has 2 heterocycles. The Kier molecular flexibility index (Phi) is 4.08. The minimum absolute atomic E-state index is 0.0963. The third kappa shape index (κ3) is 2.94. The van der Waals surface area contributed by atoms with E-state index in [1.54, 1.807) is 0 Å². The van der Waals surface area contributed by atoms with Crippen LogP contribution in [0.25, 0.3) is 11.1 Å². The van der Waals surface area contributed by atoms with Crippen molar-refractivity contribution < 1.29 is 9.53 Å². The number of ether oxygens (including phenoxy) is 1. The summed E-state index contributed by atoms with van der Waals surface area (Å²) < 4.78 is 5.72. The first kappa shape index (κ1) is 15.0. The van der Waals surface area contributed by atoms with Crippen LogP contribution in [-0.4, -0.2) is 29.5 Å². The molecule has 1 saturated heterocycles. The third-order valence-electron chi connectivity index (χ3n) is 4.92. The molecule has 2 aromatic rings. The van der Waals surface area contributed by atoms with Crippen molar-refractivity contribution >= 4 is 5.91 Å². The number of carbonyl (C=O) groups is 1. The van der Waals surface area contributed by atoms with Crippen LogP contribution in [0.2, 0.25) is 0 Å². The molecule has 2 aliphatic rings. The van der Waals surface area contributed by atoms with Gasteiger partial charge in [-0.3, -0.25) is 4.79 Å². The lowest BCUT2D eigenvalue weighted by molar-refractivity contribution is -0.135. The van der Waals surface area contributed by atoms with E-state index in [1.165, 1.54) is 5.56 Å². The van der Waals surface area contributed by atoms with E-state index in [0.29, 0.717) is 6.04 Å². The molecule has 4 rings (SSSR count). The zero-order valence-corrected chi connectivity index (χ0v) is 13.6. The van der Waals surface area contributed by atoms with Gasteiger partial charge in [0.1, 0.15) is 5.75 Å². The second-order valence-corrected chi connectivity index (χ2v) is 6.44. The van der Waals surface area contributed by atoms with Gasteiger partial charge in [0.05, 0.1) is 6.04 Å². The molecule has 3 heteroatoms. The maximum Gasteiger partial charge on any atom is 0.261 e. The number of benzene rings is 2. The molecule has 0 N–H and O–H groups in total. The van der Waals surface area contributed by atoms with Crippen molar-refractivity contribution in [1.82, 2.24) is 4.90 Å². The van der Waals surface area contributed by atoms with Crippen molar-refractivity contribution in [2.75, 3.05) is 6.61 Å². The maximum atomic E-state index is 12.5. The summed E-state index contributed by atoms with van der Waals surface area (Å²) in [6, 6.07) is 18.8. The van der Waals surface area contributed by atoms with Crippen LogP contribution in [-0.2, 0) is 4.79 Å². The van der Waals surface area contributed by atoms with Gasteiger partial charge in [0.25, 0.3) is 5.91 Å². The zero-order chi connectivity index (χ0) is 16.4. The Bertz CT molecular complexity index is 736. The van der Waals surface area contributed by atoms with Gasteiger partial charge in [-0.2, -0.15) is 0 Å². The van der Waals surface area contributed by atoms with Crippen LogP contribution in [0.5, 0.6) is 5.75 Å². The van der Waals surface area contributed by atoms with Gasteiger partial charge < -0.3 is 9.64 Å². The summed E-state index contributed by atoms with van der Waals surface area (Å²) in [6.45, 7) is 0.117. The SMILES string of the molecule is O=C(COc1ccc(-c2ccccc2)cc1)N1C2C=CCC1CC2. The molecule has 0 radical (unpaired) electrons. The molecule has 2 bridgehead atoms. The molecule has 1 fully saturated rings. The Hall–Kier alpha value is -2.55. The molecule has 24 heavy (non-hydrogen) atoms. The molecule has 2 unspecified atom stereocenters. The summed E-state index contributed by atoms with van der Waals surface area (Å²) in [5.41, 5.74) is 2.32. The van der Waals surface area contributed by atoms with Gasteiger partial charge in [0.15, 0.2) is 6.61 Å². The lowest BCUT2D eigenvalue weighted by Gasteiger charge is -2.31. The summed E-state index contributed by atoms with van der Waals surface area (Å²) in [5.74, 6) is 0.835. The van der Waals surface area contributed by atoms with Crippen molar-refractivity contribution in [1.29, 1.82) is 0 Å². The van der Waals surface area contributed by atoms with Crippen LogP contribution < -0.4 is 4.74 Å². The van der Waals surface area contributed by atoms with Crippen LogP contribution >= 0.6 is 0 Å². The molecule has 0 aliphatic carbocycles. The molecule has 2 atom stereocenters. The smallest absolute Gasteiger partial charge is 0.261 e. The summed E-state index contributed by atoms with van der Waals surface area (Å²) in [7, 11) is 0. The predicted molar refractivity (Wildman–Crippen MR) is 94.8 cm³/mol. The van der Waals surface area contributed by atoms with E-state index in [0.717, 1.165) is 30.6 Å². The third-order valence-corrected chi connectivity index (χ3v) is 4.92. The summed E-state index contributed by atoms with van der Waals surface area (Å²) in [4.78, 5) is 14.5. The van der Waals surface area contributed by atoms with Gasteiger partial charge in [-0.1, -0.05) is 54.6 Å². The first-order valence-electron chi connectivity index (χ1n) is 8.57. The Balaban J connectivity index is 1.38. The van der Waals surface area contributed by atoms with Crippen molar-refractivity contribution in [2.24, 2.45) is 0 Å². The van der Waals surface area contributed by atoms with Gasteiger partial charge in [-0.25, -0.2) is 0 Å². The highest BCUT2D eigenvalue weighted by atomic mass is 16.5. The first-order valence-corrected chi connectivity index (χ1v) is 8.57. The van der Waals surface area contributed by atoms with Crippen LogP contribution in [0.3, 0.4) is 0 Å². The number of rotatable bonds is 4. The monoisotopic (exact) mass is 319 g/mol. The molecular weight excluding hydrogens is 298 g/mol. The summed E-state index contributed by atoms with van der Waals surface area (Å²) in [5, 5.41) is 0. The zero-order valence-electron chi connectivity index (χ0n) is 13.6. The minimum atomic E-state index is 0.0963. The molecule has 1 amide bonds. The quantitative estimate of drug-likeness (QED) is 0.796. The molecule has 3 nitrogen and oxygen atoms in total. The number of nitrogens with zero attached hydrogens (tertiary/aromatic N) is 1. The van der Waals surface area contributed by atoms with E-state index in [4.69, 9.17) is 4.74 Å². The van der Waals surface area contributed by atoms with E-state index in [9.17, 15) is 4.79 Å². The summed E-state index contributed by atoms with van der Waals surface area (Å²) >= 11 is 0. The van der Waals surface area contributed by atoms with Gasteiger partial charge in [-0.05, 0) is 42.5 Å². The lowest BCUT2D eigenvalue weighted by atomic mass is 10.1. The van der Waals surface area contributed by atoms with Crippen LogP contribution in [0.15, 0.2) is 66.7 Å². The Morgan fingerprint density at radius 3 is 2.50 bits per heavy atom. The second kappa shape index (κ2) is 6.52. The van der Waals surface area contributed by atoms with Gasteiger partial charge >= 0.3 is 0 Å². The van der Waals surface area contributed by atoms with Crippen LogP contribution in [0, 0.1) is 0 Å². The normalized spacial score (nSPS) is 21.8. The molecule has 0 spiro atoms. The molecule has 122 valence electrons. The fraction of sp³-hybridized carbons (Fsp3) is 0.286. The van der Waals surface area contributed by atoms with Gasteiger partial charge in [0.2, 0.25) is 0 Å². The molecule has 0 aromatic heterocycles. The highest BCUT2D eigenvalue weighted by Gasteiger charge is 2.36. The average molecular weight is 319 g/mol. The van der Waals surface area contributed by atoms with Gasteiger partial charge in [0, 0.05) is 6.04 Å². The number of fused-ring (bicyclic) bond motifs is 2. The van der Waals surface area contributed by atoms with Gasteiger partial charge in [-0.15, -0.1) is 0 Å². The highest BCUT2D eigenvalue weighted by Crippen LogP contribution is 2.31. The second-order valence-electron chi connectivity index (χ2n) is 6.44. The van der Waals surface area contributed by atoms with E-state index >= 15 is 0 Å². The van der Waals surface area contributed by atoms with E-state index in [-0.39, 0.29) is 18.6 Å². The first-order chi connectivity index (χ1) is 11.8. The van der Waals surface area contributed by atoms with Crippen LogP contribution in [0.4, 0.5) is 0 Å². The lowest BCUT2D eigenvalue weighted by Crippen LogP contribution is -2.44. The highest BCUT2D eigenvalue weighted by molar-refractivity contribution is 5.79. The van der Waals surface area contributed by atoms with E-state index in [2.05, 4.69) is 24.3 Å². The topological polar surface area (TPSA) is 29.5 Å². The molecular formula is C21H21NO2. The number of carbonyl (C=O) groups excluding carboxylic acids is 1.